The predicted octanol–water partition coefficient (Wildman–Crippen LogP) is 1.81. The van der Waals surface area contributed by atoms with Crippen molar-refractivity contribution in [3.8, 4) is 0 Å². The summed E-state index contributed by atoms with van der Waals surface area (Å²) in [6.45, 7) is 1.06. The maximum absolute atomic E-state index is 6.00. The Morgan fingerprint density at radius 2 is 2.40 bits per heavy atom. The van der Waals surface area contributed by atoms with Gasteiger partial charge in [-0.25, -0.2) is 4.98 Å². The summed E-state index contributed by atoms with van der Waals surface area (Å²) < 4.78 is 1.86. The Morgan fingerprint density at radius 3 is 3.20 bits per heavy atom. The van der Waals surface area contributed by atoms with E-state index < -0.39 is 0 Å². The van der Waals surface area contributed by atoms with Gasteiger partial charge in [0.25, 0.3) is 0 Å². The Balaban J connectivity index is 2.17. The maximum atomic E-state index is 6.00. The molecule has 3 heterocycles. The molecule has 3 rings (SSSR count). The van der Waals surface area contributed by atoms with Crippen molar-refractivity contribution in [2.45, 2.75) is 18.9 Å². The highest BCUT2D eigenvalue weighted by atomic mass is 35.5. The van der Waals surface area contributed by atoms with Crippen LogP contribution < -0.4 is 5.32 Å². The van der Waals surface area contributed by atoms with Crippen LogP contribution in [0.3, 0.4) is 0 Å². The van der Waals surface area contributed by atoms with Crippen molar-refractivity contribution in [2.75, 3.05) is 6.54 Å². The summed E-state index contributed by atoms with van der Waals surface area (Å²) in [6, 6.07) is 0.326. The van der Waals surface area contributed by atoms with Gasteiger partial charge in [0.2, 0.25) is 0 Å². The number of fused-ring (bicyclic) bond motifs is 1. The lowest BCUT2D eigenvalue weighted by Crippen LogP contribution is -2.15. The topological polar surface area (TPSA) is 42.2 Å². The lowest BCUT2D eigenvalue weighted by molar-refractivity contribution is 0.628. The first-order chi connectivity index (χ1) is 7.36. The summed E-state index contributed by atoms with van der Waals surface area (Å²) in [5.74, 6) is 0. The molecule has 5 heteroatoms. The molecular formula is C10H11ClN4. The number of rotatable bonds is 1. The van der Waals surface area contributed by atoms with Crippen molar-refractivity contribution in [1.29, 1.82) is 0 Å². The largest absolute Gasteiger partial charge is 0.309 e. The van der Waals surface area contributed by atoms with Crippen LogP contribution >= 0.6 is 11.6 Å². The minimum absolute atomic E-state index is 0.326. The van der Waals surface area contributed by atoms with Crippen LogP contribution in [-0.4, -0.2) is 20.9 Å². The van der Waals surface area contributed by atoms with Gasteiger partial charge in [0.15, 0.2) is 5.65 Å². The molecule has 0 spiro atoms. The quantitative estimate of drug-likeness (QED) is 0.800. The SMILES string of the molecule is Clc1cnc2c(C3CCCN3)nccn12. The Kier molecular flexibility index (Phi) is 2.11. The van der Waals surface area contributed by atoms with Crippen molar-refractivity contribution >= 4 is 17.2 Å². The number of hydrogen-bond acceptors (Lipinski definition) is 3. The molecule has 0 aromatic carbocycles. The summed E-state index contributed by atoms with van der Waals surface area (Å²) in [6.07, 6.45) is 7.59. The van der Waals surface area contributed by atoms with Gasteiger partial charge >= 0.3 is 0 Å². The smallest absolute Gasteiger partial charge is 0.161 e. The van der Waals surface area contributed by atoms with Crippen LogP contribution in [0.1, 0.15) is 24.6 Å². The first-order valence-electron chi connectivity index (χ1n) is 5.07. The first kappa shape index (κ1) is 9.12. The third-order valence-corrected chi connectivity index (χ3v) is 3.08. The molecule has 1 saturated heterocycles. The predicted molar refractivity (Wildman–Crippen MR) is 58.0 cm³/mol. The minimum atomic E-state index is 0.326. The number of hydrogen-bond donors (Lipinski definition) is 1. The fourth-order valence-corrected chi connectivity index (χ4v) is 2.26. The molecule has 1 N–H and O–H groups in total. The number of nitrogens with zero attached hydrogens (tertiary/aromatic N) is 3. The van der Waals surface area contributed by atoms with Gasteiger partial charge in [0, 0.05) is 12.4 Å². The number of imidazole rings is 1. The first-order valence-corrected chi connectivity index (χ1v) is 5.45. The summed E-state index contributed by atoms with van der Waals surface area (Å²) in [5, 5.41) is 4.05. The van der Waals surface area contributed by atoms with Crippen LogP contribution in [-0.2, 0) is 0 Å². The Bertz CT molecular complexity index is 487. The van der Waals surface area contributed by atoms with E-state index in [0.717, 1.165) is 24.3 Å². The lowest BCUT2D eigenvalue weighted by atomic mass is 10.1. The second-order valence-electron chi connectivity index (χ2n) is 3.74. The molecule has 0 amide bonds. The molecule has 4 nitrogen and oxygen atoms in total. The van der Waals surface area contributed by atoms with Gasteiger partial charge in [0.1, 0.15) is 10.8 Å². The van der Waals surface area contributed by atoms with Gasteiger partial charge in [-0.05, 0) is 19.4 Å². The average molecular weight is 223 g/mol. The fourth-order valence-electron chi connectivity index (χ4n) is 2.07. The van der Waals surface area contributed by atoms with Crippen LogP contribution in [0.25, 0.3) is 5.65 Å². The number of nitrogens with one attached hydrogen (secondary N) is 1. The van der Waals surface area contributed by atoms with E-state index in [4.69, 9.17) is 11.6 Å². The molecule has 0 saturated carbocycles. The van der Waals surface area contributed by atoms with Gasteiger partial charge in [-0.2, -0.15) is 0 Å². The molecular weight excluding hydrogens is 212 g/mol. The van der Waals surface area contributed by atoms with Gasteiger partial charge in [0.05, 0.1) is 12.2 Å². The molecule has 0 bridgehead atoms. The Morgan fingerprint density at radius 1 is 1.47 bits per heavy atom. The number of halogens is 1. The van der Waals surface area contributed by atoms with E-state index in [-0.39, 0.29) is 0 Å². The molecule has 1 atom stereocenters. The molecule has 78 valence electrons. The molecule has 1 aliphatic rings. The second kappa shape index (κ2) is 3.47. The highest BCUT2D eigenvalue weighted by molar-refractivity contribution is 6.29. The zero-order chi connectivity index (χ0) is 10.3. The van der Waals surface area contributed by atoms with Crippen LogP contribution in [0, 0.1) is 0 Å². The van der Waals surface area contributed by atoms with Gasteiger partial charge in [-0.15, -0.1) is 0 Å². The highest BCUT2D eigenvalue weighted by Crippen LogP contribution is 2.25. The van der Waals surface area contributed by atoms with Crippen LogP contribution in [0.15, 0.2) is 18.6 Å². The standard InChI is InChI=1S/C10H11ClN4/c11-8-6-14-10-9(7-2-1-3-12-7)13-4-5-15(8)10/h4-7,12H,1-3H2. The summed E-state index contributed by atoms with van der Waals surface area (Å²) in [7, 11) is 0. The van der Waals surface area contributed by atoms with Gasteiger partial charge in [-0.3, -0.25) is 9.38 Å². The molecule has 2 aromatic rings. The van der Waals surface area contributed by atoms with E-state index in [1.807, 2.05) is 10.6 Å². The van der Waals surface area contributed by atoms with Crippen molar-refractivity contribution in [3.05, 3.63) is 29.4 Å². The van der Waals surface area contributed by atoms with E-state index in [0.29, 0.717) is 11.2 Å². The molecule has 1 unspecified atom stereocenters. The maximum Gasteiger partial charge on any atom is 0.161 e. The fraction of sp³-hybridized carbons (Fsp3) is 0.400. The molecule has 0 radical (unpaired) electrons. The third kappa shape index (κ3) is 1.41. The van der Waals surface area contributed by atoms with Crippen molar-refractivity contribution in [3.63, 3.8) is 0 Å². The monoisotopic (exact) mass is 222 g/mol. The molecule has 15 heavy (non-hydrogen) atoms. The van der Waals surface area contributed by atoms with Crippen molar-refractivity contribution < 1.29 is 0 Å². The second-order valence-corrected chi connectivity index (χ2v) is 4.12. The highest BCUT2D eigenvalue weighted by Gasteiger charge is 2.21. The normalized spacial score (nSPS) is 21.3. The zero-order valence-corrected chi connectivity index (χ0v) is 8.91. The van der Waals surface area contributed by atoms with Crippen LogP contribution in [0.2, 0.25) is 5.15 Å². The van der Waals surface area contributed by atoms with Crippen molar-refractivity contribution in [2.24, 2.45) is 0 Å². The summed E-state index contributed by atoms with van der Waals surface area (Å²) in [5.41, 5.74) is 1.86. The molecule has 1 aliphatic heterocycles. The summed E-state index contributed by atoms with van der Waals surface area (Å²) >= 11 is 6.00. The zero-order valence-electron chi connectivity index (χ0n) is 8.15. The number of aromatic nitrogens is 3. The van der Waals surface area contributed by atoms with Crippen molar-refractivity contribution in [1.82, 2.24) is 19.7 Å². The van der Waals surface area contributed by atoms with E-state index in [9.17, 15) is 0 Å². The molecule has 2 aromatic heterocycles. The summed E-state index contributed by atoms with van der Waals surface area (Å²) in [4.78, 5) is 8.69. The van der Waals surface area contributed by atoms with E-state index in [1.165, 1.54) is 6.42 Å². The van der Waals surface area contributed by atoms with E-state index in [1.54, 1.807) is 12.4 Å². The molecule has 1 fully saturated rings. The lowest BCUT2D eigenvalue weighted by Gasteiger charge is -2.09. The Labute approximate surface area is 92.3 Å². The van der Waals surface area contributed by atoms with Gasteiger partial charge < -0.3 is 5.32 Å². The van der Waals surface area contributed by atoms with Crippen LogP contribution in [0.4, 0.5) is 0 Å². The molecule has 0 aliphatic carbocycles. The average Bonchev–Trinajstić information content (AvgIpc) is 2.88. The van der Waals surface area contributed by atoms with Gasteiger partial charge in [-0.1, -0.05) is 11.6 Å². The van der Waals surface area contributed by atoms with Crippen LogP contribution in [0.5, 0.6) is 0 Å². The van der Waals surface area contributed by atoms with E-state index >= 15 is 0 Å². The third-order valence-electron chi connectivity index (χ3n) is 2.80. The minimum Gasteiger partial charge on any atom is -0.309 e. The van der Waals surface area contributed by atoms with E-state index in [2.05, 4.69) is 15.3 Å². The Hall–Kier alpha value is -1.13.